The first kappa shape index (κ1) is 24.6. The van der Waals surface area contributed by atoms with Crippen LogP contribution >= 0.6 is 0 Å². The van der Waals surface area contributed by atoms with Crippen LogP contribution in [0.25, 0.3) is 0 Å². The summed E-state index contributed by atoms with van der Waals surface area (Å²) in [5.74, 6) is -1.50. The summed E-state index contributed by atoms with van der Waals surface area (Å²) in [6.45, 7) is 7.07. The van der Waals surface area contributed by atoms with Crippen molar-refractivity contribution in [2.45, 2.75) is 58.2 Å². The average molecular weight is 482 g/mol. The Labute approximate surface area is 203 Å². The van der Waals surface area contributed by atoms with Gasteiger partial charge < -0.3 is 14.6 Å². The van der Waals surface area contributed by atoms with Crippen LogP contribution in [-0.2, 0) is 16.0 Å². The van der Waals surface area contributed by atoms with Crippen LogP contribution in [-0.4, -0.2) is 27.0 Å². The molecule has 8 heteroatoms. The maximum absolute atomic E-state index is 14.8. The molecule has 0 bridgehead atoms. The molecule has 0 saturated heterocycles. The molecule has 3 atom stereocenters. The number of nitrogens with zero attached hydrogens (tertiary/aromatic N) is 2. The lowest BCUT2D eigenvalue weighted by molar-refractivity contribution is -0.122. The minimum Gasteiger partial charge on any atom is -0.444 e. The lowest BCUT2D eigenvalue weighted by Gasteiger charge is -2.27. The molecule has 0 radical (unpaired) electrons. The maximum atomic E-state index is 14.8. The molecule has 0 spiro atoms. The van der Waals surface area contributed by atoms with E-state index in [0.717, 1.165) is 23.3 Å². The monoisotopic (exact) mass is 481 g/mol. The van der Waals surface area contributed by atoms with Crippen molar-refractivity contribution < 1.29 is 23.1 Å². The molecule has 1 amide bonds. The van der Waals surface area contributed by atoms with Gasteiger partial charge in [0.1, 0.15) is 29.1 Å². The van der Waals surface area contributed by atoms with E-state index in [1.165, 1.54) is 12.3 Å². The zero-order valence-corrected chi connectivity index (χ0v) is 20.2. The summed E-state index contributed by atoms with van der Waals surface area (Å²) in [7, 11) is 0. The van der Waals surface area contributed by atoms with E-state index in [4.69, 9.17) is 4.74 Å². The van der Waals surface area contributed by atoms with Crippen LogP contribution in [0.4, 0.5) is 13.6 Å². The number of benzene rings is 2. The number of aromatic nitrogens is 2. The second-order valence-electron chi connectivity index (χ2n) is 9.91. The van der Waals surface area contributed by atoms with Crippen molar-refractivity contribution in [3.8, 4) is 0 Å². The number of fused-ring (bicyclic) bond motifs is 1. The molecule has 1 N–H and O–H groups in total. The quantitative estimate of drug-likeness (QED) is 0.508. The number of halogens is 2. The van der Waals surface area contributed by atoms with Gasteiger partial charge in [0, 0.05) is 30.4 Å². The Bertz CT molecular complexity index is 1250. The van der Waals surface area contributed by atoms with Gasteiger partial charge in [0.25, 0.3) is 0 Å². The maximum Gasteiger partial charge on any atom is 0.408 e. The minimum absolute atomic E-state index is 0.0637. The van der Waals surface area contributed by atoms with E-state index >= 15 is 0 Å². The number of hydrogen-bond donors (Lipinski definition) is 1. The van der Waals surface area contributed by atoms with Crippen LogP contribution in [0.2, 0.25) is 0 Å². The van der Waals surface area contributed by atoms with E-state index in [2.05, 4.69) is 10.3 Å². The zero-order chi connectivity index (χ0) is 25.3. The molecule has 1 aliphatic rings. The number of ketones is 1. The molecular formula is C27H29F2N3O3. The minimum atomic E-state index is -1.01. The Morgan fingerprint density at radius 2 is 1.94 bits per heavy atom. The molecule has 1 heterocycles. The van der Waals surface area contributed by atoms with Gasteiger partial charge in [-0.2, -0.15) is 0 Å². The number of ether oxygens (including phenoxy) is 1. The van der Waals surface area contributed by atoms with Gasteiger partial charge >= 0.3 is 6.09 Å². The van der Waals surface area contributed by atoms with E-state index in [9.17, 15) is 18.4 Å². The van der Waals surface area contributed by atoms with Gasteiger partial charge in [0.05, 0.1) is 6.04 Å². The van der Waals surface area contributed by atoms with Crippen molar-refractivity contribution in [1.82, 2.24) is 14.9 Å². The van der Waals surface area contributed by atoms with Crippen molar-refractivity contribution in [3.63, 3.8) is 0 Å². The number of hydrogen-bond acceptors (Lipinski definition) is 4. The number of carbonyl (C=O) groups excluding carboxylic acids is 2. The molecule has 0 aliphatic heterocycles. The topological polar surface area (TPSA) is 73.2 Å². The third kappa shape index (κ3) is 5.42. The molecule has 3 aromatic rings. The fourth-order valence-corrected chi connectivity index (χ4v) is 4.73. The molecule has 184 valence electrons. The summed E-state index contributed by atoms with van der Waals surface area (Å²) in [6.07, 6.45) is 3.22. The Kier molecular flexibility index (Phi) is 6.74. The lowest BCUT2D eigenvalue weighted by Crippen LogP contribution is -2.37. The number of imidazole rings is 1. The number of nitrogens with one attached hydrogen (secondary N) is 1. The van der Waals surface area contributed by atoms with Crippen molar-refractivity contribution in [2.75, 3.05) is 0 Å². The Morgan fingerprint density at radius 3 is 2.60 bits per heavy atom. The molecule has 35 heavy (non-hydrogen) atoms. The van der Waals surface area contributed by atoms with Crippen LogP contribution in [0.15, 0.2) is 54.9 Å². The first-order valence-corrected chi connectivity index (χ1v) is 11.6. The fourth-order valence-electron chi connectivity index (χ4n) is 4.73. The predicted octanol–water partition coefficient (Wildman–Crippen LogP) is 5.46. The molecule has 6 nitrogen and oxygen atoms in total. The lowest BCUT2D eigenvalue weighted by atomic mass is 9.89. The molecule has 0 fully saturated rings. The SMILES string of the molecule is Cc1nccn1C(C(=O)C[C@H]1Cc2ccccc2[C@@H]1NC(=O)OC(C)(C)C)c1ccc(F)cc1F. The molecule has 2 aromatic carbocycles. The molecule has 0 saturated carbocycles. The average Bonchev–Trinajstić information content (AvgIpc) is 3.32. The van der Waals surface area contributed by atoms with Crippen molar-refractivity contribution >= 4 is 11.9 Å². The van der Waals surface area contributed by atoms with E-state index in [0.29, 0.717) is 12.2 Å². The summed E-state index contributed by atoms with van der Waals surface area (Å²) in [6, 6.07) is 9.48. The Hall–Kier alpha value is -3.55. The molecule has 1 aliphatic carbocycles. The van der Waals surface area contributed by atoms with Gasteiger partial charge in [-0.15, -0.1) is 0 Å². The van der Waals surface area contributed by atoms with Crippen LogP contribution in [0.5, 0.6) is 0 Å². The third-order valence-electron chi connectivity index (χ3n) is 6.18. The Balaban J connectivity index is 1.64. The largest absolute Gasteiger partial charge is 0.444 e. The number of rotatable bonds is 6. The van der Waals surface area contributed by atoms with Crippen LogP contribution in [0, 0.1) is 24.5 Å². The van der Waals surface area contributed by atoms with Crippen molar-refractivity contribution in [1.29, 1.82) is 0 Å². The van der Waals surface area contributed by atoms with Gasteiger partial charge in [0.2, 0.25) is 0 Å². The highest BCUT2D eigenvalue weighted by Gasteiger charge is 2.38. The van der Waals surface area contributed by atoms with E-state index in [1.54, 1.807) is 38.5 Å². The number of alkyl carbamates (subject to hydrolysis) is 1. The Morgan fingerprint density at radius 1 is 1.20 bits per heavy atom. The number of aryl methyl sites for hydroxylation is 1. The highest BCUT2D eigenvalue weighted by Crippen LogP contribution is 2.40. The fraction of sp³-hybridized carbons (Fsp3) is 0.370. The highest BCUT2D eigenvalue weighted by molar-refractivity contribution is 5.86. The summed E-state index contributed by atoms with van der Waals surface area (Å²) in [4.78, 5) is 30.5. The number of Topliss-reactive ketones (excluding diaryl/α,β-unsaturated/α-hetero) is 1. The first-order valence-electron chi connectivity index (χ1n) is 11.6. The van der Waals surface area contributed by atoms with Gasteiger partial charge in [-0.25, -0.2) is 18.6 Å². The zero-order valence-electron chi connectivity index (χ0n) is 20.2. The normalized spacial score (nSPS) is 18.1. The second kappa shape index (κ2) is 9.60. The summed E-state index contributed by atoms with van der Waals surface area (Å²) in [5, 5.41) is 2.93. The molecule has 1 aromatic heterocycles. The van der Waals surface area contributed by atoms with Crippen molar-refractivity contribution in [2.24, 2.45) is 5.92 Å². The van der Waals surface area contributed by atoms with Gasteiger partial charge in [-0.3, -0.25) is 4.79 Å². The molecular weight excluding hydrogens is 452 g/mol. The van der Waals surface area contributed by atoms with Gasteiger partial charge in [0.15, 0.2) is 5.78 Å². The van der Waals surface area contributed by atoms with Gasteiger partial charge in [-0.1, -0.05) is 30.3 Å². The van der Waals surface area contributed by atoms with Crippen LogP contribution in [0.1, 0.15) is 61.8 Å². The summed E-state index contributed by atoms with van der Waals surface area (Å²) in [5.41, 5.74) is 1.37. The van der Waals surface area contributed by atoms with Crippen LogP contribution in [0.3, 0.4) is 0 Å². The predicted molar refractivity (Wildman–Crippen MR) is 127 cm³/mol. The highest BCUT2D eigenvalue weighted by atomic mass is 19.1. The standard InChI is InChI=1S/C27H29F2N3O3/c1-16-30-11-12-32(16)25(21-10-9-19(28)15-22(21)29)23(33)14-18-13-17-7-5-6-8-20(17)24(18)31-26(34)35-27(2,3)4/h5-12,15,18,24-25H,13-14H2,1-4H3,(H,31,34)/t18-,24-,25?/m1/s1. The summed E-state index contributed by atoms with van der Waals surface area (Å²) < 4.78 is 35.5. The smallest absolute Gasteiger partial charge is 0.408 e. The van der Waals surface area contributed by atoms with E-state index in [-0.39, 0.29) is 23.7 Å². The second-order valence-corrected chi connectivity index (χ2v) is 9.91. The van der Waals surface area contributed by atoms with E-state index < -0.39 is 35.4 Å². The number of carbonyl (C=O) groups is 2. The van der Waals surface area contributed by atoms with Crippen LogP contribution < -0.4 is 5.32 Å². The third-order valence-corrected chi connectivity index (χ3v) is 6.18. The van der Waals surface area contributed by atoms with Gasteiger partial charge in [-0.05, 0) is 57.2 Å². The van der Waals surface area contributed by atoms with E-state index in [1.807, 2.05) is 24.3 Å². The number of amides is 1. The first-order chi connectivity index (χ1) is 16.5. The van der Waals surface area contributed by atoms with Crippen molar-refractivity contribution in [3.05, 3.63) is 89.0 Å². The molecule has 4 rings (SSSR count). The molecule has 1 unspecified atom stereocenters. The summed E-state index contributed by atoms with van der Waals surface area (Å²) >= 11 is 0.